The molecule has 3 aromatic heterocycles. The first-order valence-corrected chi connectivity index (χ1v) is 10.8. The molecule has 1 atom stereocenters. The highest BCUT2D eigenvalue weighted by Crippen LogP contribution is 2.33. The number of imidazole rings is 1. The van der Waals surface area contributed by atoms with Gasteiger partial charge in [-0.2, -0.15) is 0 Å². The summed E-state index contributed by atoms with van der Waals surface area (Å²) in [6, 6.07) is 12.2. The number of nitrogens with one attached hydrogen (secondary N) is 1. The lowest BCUT2D eigenvalue weighted by Gasteiger charge is -2.23. The lowest BCUT2D eigenvalue weighted by atomic mass is 10.2. The van der Waals surface area contributed by atoms with Gasteiger partial charge in [-0.1, -0.05) is 6.07 Å². The minimum atomic E-state index is -0.516. The average molecular weight is 448 g/mol. The number of benzene rings is 1. The predicted octanol–water partition coefficient (Wildman–Crippen LogP) is 3.82. The molecule has 1 aliphatic rings. The molecule has 0 radical (unpaired) electrons. The smallest absolute Gasteiger partial charge is 0.228 e. The van der Waals surface area contributed by atoms with E-state index in [2.05, 4.69) is 50.2 Å². The van der Waals surface area contributed by atoms with Crippen LogP contribution in [0.15, 0.2) is 55.0 Å². The number of fused-ring (bicyclic) bond motifs is 1. The van der Waals surface area contributed by atoms with E-state index in [-0.39, 0.29) is 11.6 Å². The van der Waals surface area contributed by atoms with Gasteiger partial charge in [-0.15, -0.1) is 0 Å². The normalized spacial score (nSPS) is 16.0. The van der Waals surface area contributed by atoms with Crippen molar-refractivity contribution in [3.63, 3.8) is 0 Å². The van der Waals surface area contributed by atoms with Gasteiger partial charge >= 0.3 is 0 Å². The third-order valence-electron chi connectivity index (χ3n) is 6.09. The number of hydrogen-bond acceptors (Lipinski definition) is 7. The number of methoxy groups -OCH3 is 1. The van der Waals surface area contributed by atoms with Gasteiger partial charge in [0.05, 0.1) is 30.9 Å². The molecule has 0 bridgehead atoms. The summed E-state index contributed by atoms with van der Waals surface area (Å²) >= 11 is 0. The molecule has 1 aliphatic heterocycles. The van der Waals surface area contributed by atoms with Crippen molar-refractivity contribution in [2.24, 2.45) is 0 Å². The fourth-order valence-corrected chi connectivity index (χ4v) is 4.21. The van der Waals surface area contributed by atoms with E-state index in [1.54, 1.807) is 17.7 Å². The van der Waals surface area contributed by atoms with Gasteiger partial charge in [-0.25, -0.2) is 19.3 Å². The van der Waals surface area contributed by atoms with E-state index in [0.29, 0.717) is 23.2 Å². The van der Waals surface area contributed by atoms with Crippen molar-refractivity contribution in [2.75, 3.05) is 44.5 Å². The first-order chi connectivity index (χ1) is 16.0. The van der Waals surface area contributed by atoms with Crippen LogP contribution >= 0.6 is 0 Å². The molecular formula is C24H26FN7O. The molecule has 4 aromatic rings. The zero-order valence-corrected chi connectivity index (χ0v) is 18.9. The Hall–Kier alpha value is -3.72. The highest BCUT2D eigenvalue weighted by molar-refractivity contribution is 5.69. The molecule has 1 unspecified atom stereocenters. The topological polar surface area (TPSA) is 70.8 Å². The summed E-state index contributed by atoms with van der Waals surface area (Å²) in [4.78, 5) is 17.5. The zero-order chi connectivity index (χ0) is 22.9. The van der Waals surface area contributed by atoms with Crippen LogP contribution in [-0.2, 0) is 0 Å². The van der Waals surface area contributed by atoms with Gasteiger partial charge in [0.25, 0.3) is 0 Å². The molecule has 4 heterocycles. The monoisotopic (exact) mass is 447 g/mol. The fourth-order valence-electron chi connectivity index (χ4n) is 4.21. The third kappa shape index (κ3) is 4.07. The molecule has 8 nitrogen and oxygen atoms in total. The number of halogens is 1. The molecule has 170 valence electrons. The SMILES string of the molecule is COc1cc(N2CCC(N(C)C)C2)ccc1Nc1ncc(F)c(-c2cnc3ccccn23)n1. The molecule has 1 fully saturated rings. The van der Waals surface area contributed by atoms with Gasteiger partial charge < -0.3 is 19.9 Å². The third-order valence-corrected chi connectivity index (χ3v) is 6.09. The van der Waals surface area contributed by atoms with Crippen LogP contribution in [0.25, 0.3) is 17.0 Å². The number of hydrogen-bond donors (Lipinski definition) is 1. The van der Waals surface area contributed by atoms with Gasteiger partial charge in [0.2, 0.25) is 5.95 Å². The molecule has 1 saturated heterocycles. The van der Waals surface area contributed by atoms with E-state index in [0.717, 1.165) is 30.8 Å². The van der Waals surface area contributed by atoms with Crippen molar-refractivity contribution < 1.29 is 9.13 Å². The van der Waals surface area contributed by atoms with Crippen molar-refractivity contribution in [2.45, 2.75) is 12.5 Å². The average Bonchev–Trinajstić information content (AvgIpc) is 3.48. The minimum absolute atomic E-state index is 0.175. The molecule has 0 amide bonds. The second kappa shape index (κ2) is 8.67. The maximum Gasteiger partial charge on any atom is 0.228 e. The first-order valence-electron chi connectivity index (χ1n) is 10.8. The lowest BCUT2D eigenvalue weighted by Crippen LogP contribution is -2.31. The summed E-state index contributed by atoms with van der Waals surface area (Å²) < 4.78 is 22.1. The standard InChI is InChI=1S/C24H26FN7O/c1-30(2)17-9-11-31(15-17)16-7-8-19(21(12-16)33-3)28-24-27-13-18(25)23(29-24)20-14-26-22-6-4-5-10-32(20)22/h4-8,10,12-14,17H,9,11,15H2,1-3H3,(H,27,28,29). The Morgan fingerprint density at radius 2 is 2.03 bits per heavy atom. The second-order valence-corrected chi connectivity index (χ2v) is 8.32. The second-order valence-electron chi connectivity index (χ2n) is 8.32. The Morgan fingerprint density at radius 3 is 2.82 bits per heavy atom. The van der Waals surface area contributed by atoms with Crippen molar-refractivity contribution in [3.8, 4) is 17.1 Å². The molecule has 1 N–H and O–H groups in total. The Balaban J connectivity index is 1.42. The van der Waals surface area contributed by atoms with E-state index < -0.39 is 5.82 Å². The highest BCUT2D eigenvalue weighted by atomic mass is 19.1. The van der Waals surface area contributed by atoms with Crippen molar-refractivity contribution >= 4 is 23.0 Å². The maximum atomic E-state index is 14.6. The number of ether oxygens (including phenoxy) is 1. The summed E-state index contributed by atoms with van der Waals surface area (Å²) in [5.74, 6) is 0.431. The van der Waals surface area contributed by atoms with Gasteiger partial charge in [-0.3, -0.25) is 4.40 Å². The van der Waals surface area contributed by atoms with Gasteiger partial charge in [-0.05, 0) is 44.8 Å². The van der Waals surface area contributed by atoms with Crippen LogP contribution in [0.5, 0.6) is 5.75 Å². The van der Waals surface area contributed by atoms with E-state index in [4.69, 9.17) is 4.74 Å². The summed E-state index contributed by atoms with van der Waals surface area (Å²) in [5.41, 5.74) is 3.26. The summed E-state index contributed by atoms with van der Waals surface area (Å²) in [6.45, 7) is 1.98. The molecule has 0 spiro atoms. The van der Waals surface area contributed by atoms with E-state index >= 15 is 0 Å². The molecule has 33 heavy (non-hydrogen) atoms. The summed E-state index contributed by atoms with van der Waals surface area (Å²) in [6.07, 6.45) is 5.73. The molecule has 5 rings (SSSR count). The number of pyridine rings is 1. The molecule has 0 saturated carbocycles. The molecular weight excluding hydrogens is 421 g/mol. The minimum Gasteiger partial charge on any atom is -0.494 e. The van der Waals surface area contributed by atoms with Crippen molar-refractivity contribution in [3.05, 3.63) is 60.8 Å². The van der Waals surface area contributed by atoms with E-state index in [1.807, 2.05) is 36.5 Å². The van der Waals surface area contributed by atoms with Crippen LogP contribution in [0.1, 0.15) is 6.42 Å². The summed E-state index contributed by atoms with van der Waals surface area (Å²) in [7, 11) is 5.86. The molecule has 1 aromatic carbocycles. The highest BCUT2D eigenvalue weighted by Gasteiger charge is 2.25. The number of nitrogens with zero attached hydrogens (tertiary/aromatic N) is 6. The fraction of sp³-hybridized carbons (Fsp3) is 0.292. The Morgan fingerprint density at radius 1 is 1.15 bits per heavy atom. The lowest BCUT2D eigenvalue weighted by molar-refractivity contribution is 0.315. The van der Waals surface area contributed by atoms with E-state index in [1.165, 1.54) is 6.20 Å². The maximum absolute atomic E-state index is 14.6. The van der Waals surface area contributed by atoms with Crippen molar-refractivity contribution in [1.29, 1.82) is 0 Å². The predicted molar refractivity (Wildman–Crippen MR) is 127 cm³/mol. The molecule has 0 aliphatic carbocycles. The van der Waals surface area contributed by atoms with Crippen LogP contribution < -0.4 is 15.0 Å². The van der Waals surface area contributed by atoms with Crippen LogP contribution in [0.3, 0.4) is 0 Å². The Bertz CT molecular complexity index is 1290. The quantitative estimate of drug-likeness (QED) is 0.482. The summed E-state index contributed by atoms with van der Waals surface area (Å²) in [5, 5.41) is 3.18. The zero-order valence-electron chi connectivity index (χ0n) is 18.9. The van der Waals surface area contributed by atoms with Gasteiger partial charge in [0.1, 0.15) is 17.1 Å². The van der Waals surface area contributed by atoms with Crippen LogP contribution in [0.2, 0.25) is 0 Å². The Labute approximate surface area is 191 Å². The van der Waals surface area contributed by atoms with Crippen molar-refractivity contribution in [1.82, 2.24) is 24.3 Å². The Kier molecular flexibility index (Phi) is 5.55. The van der Waals surface area contributed by atoms with E-state index in [9.17, 15) is 4.39 Å². The number of aromatic nitrogens is 4. The number of anilines is 3. The van der Waals surface area contributed by atoms with Crippen LogP contribution in [-0.4, -0.2) is 64.6 Å². The van der Waals surface area contributed by atoms with Gasteiger partial charge in [0, 0.05) is 37.1 Å². The number of likely N-dealkylation sites (N-methyl/N-ethyl adjacent to an activating group) is 1. The first kappa shape index (κ1) is 21.1. The van der Waals surface area contributed by atoms with Crippen LogP contribution in [0.4, 0.5) is 21.7 Å². The number of rotatable bonds is 6. The largest absolute Gasteiger partial charge is 0.494 e. The van der Waals surface area contributed by atoms with Gasteiger partial charge in [0.15, 0.2) is 5.82 Å². The van der Waals surface area contributed by atoms with Crippen LogP contribution in [0, 0.1) is 5.82 Å². The molecule has 9 heteroatoms.